The zero-order valence-corrected chi connectivity index (χ0v) is 10.6. The van der Waals surface area contributed by atoms with Crippen molar-refractivity contribution in [1.29, 1.82) is 0 Å². The second kappa shape index (κ2) is 5.36. The zero-order chi connectivity index (χ0) is 14.0. The molecule has 1 N–H and O–H groups in total. The molecule has 0 bridgehead atoms. The smallest absolute Gasteiger partial charge is 0.163 e. The second-order valence-corrected chi connectivity index (χ2v) is 3.99. The van der Waals surface area contributed by atoms with E-state index in [-0.39, 0.29) is 5.56 Å². The summed E-state index contributed by atoms with van der Waals surface area (Å²) in [4.78, 5) is 0. The van der Waals surface area contributed by atoms with Gasteiger partial charge in [0.2, 0.25) is 0 Å². The van der Waals surface area contributed by atoms with E-state index in [9.17, 15) is 13.9 Å². The first-order valence-electron chi connectivity index (χ1n) is 5.81. The number of aryl methyl sites for hydroxylation is 1. The van der Waals surface area contributed by atoms with Crippen LogP contribution in [0.1, 0.15) is 24.3 Å². The van der Waals surface area contributed by atoms with E-state index in [2.05, 4.69) is 5.10 Å². The summed E-state index contributed by atoms with van der Waals surface area (Å²) in [6.07, 6.45) is 0.342. The Morgan fingerprint density at radius 1 is 1.37 bits per heavy atom. The molecule has 1 unspecified atom stereocenters. The number of aromatic nitrogens is 2. The van der Waals surface area contributed by atoms with Crippen molar-refractivity contribution in [3.05, 3.63) is 47.3 Å². The highest BCUT2D eigenvalue weighted by molar-refractivity contribution is 5.35. The maximum atomic E-state index is 13.2. The van der Waals surface area contributed by atoms with Gasteiger partial charge in [-0.2, -0.15) is 5.10 Å². The number of aliphatic hydroxyl groups excluding tert-OH is 1. The molecule has 2 rings (SSSR count). The molecule has 0 aliphatic carbocycles. The number of methoxy groups -OCH3 is 1. The number of nitrogens with zero attached hydrogens (tertiary/aromatic N) is 2. The minimum atomic E-state index is -1.13. The Hall–Kier alpha value is -1.95. The quantitative estimate of drug-likeness (QED) is 0.925. The lowest BCUT2D eigenvalue weighted by Crippen LogP contribution is -2.10. The van der Waals surface area contributed by atoms with E-state index >= 15 is 0 Å². The van der Waals surface area contributed by atoms with Crippen LogP contribution in [0.3, 0.4) is 0 Å². The van der Waals surface area contributed by atoms with Crippen LogP contribution in [-0.2, 0) is 6.54 Å². The van der Waals surface area contributed by atoms with Crippen LogP contribution in [-0.4, -0.2) is 22.0 Å². The first-order chi connectivity index (χ1) is 9.08. The van der Waals surface area contributed by atoms with Crippen molar-refractivity contribution in [2.45, 2.75) is 19.6 Å². The molecule has 1 atom stereocenters. The molecule has 0 spiro atoms. The minimum absolute atomic E-state index is 0.243. The summed E-state index contributed by atoms with van der Waals surface area (Å²) in [6.45, 7) is 2.38. The highest BCUT2D eigenvalue weighted by Gasteiger charge is 2.22. The second-order valence-electron chi connectivity index (χ2n) is 3.99. The van der Waals surface area contributed by atoms with Crippen LogP contribution in [0.5, 0.6) is 5.75 Å². The number of halogens is 2. The molecular formula is C13H14F2N2O2. The average molecular weight is 268 g/mol. The molecular weight excluding hydrogens is 254 g/mol. The number of ether oxygens (including phenoxy) is 1. The summed E-state index contributed by atoms with van der Waals surface area (Å²) in [5.41, 5.74) is 0.656. The number of hydrogen-bond acceptors (Lipinski definition) is 3. The maximum absolute atomic E-state index is 13.2. The van der Waals surface area contributed by atoms with Crippen LogP contribution in [0.4, 0.5) is 8.78 Å². The van der Waals surface area contributed by atoms with Crippen molar-refractivity contribution in [1.82, 2.24) is 9.78 Å². The van der Waals surface area contributed by atoms with Gasteiger partial charge < -0.3 is 9.84 Å². The molecule has 1 aromatic carbocycles. The van der Waals surface area contributed by atoms with Crippen LogP contribution in [0, 0.1) is 11.6 Å². The highest BCUT2D eigenvalue weighted by Crippen LogP contribution is 2.30. The lowest BCUT2D eigenvalue weighted by Gasteiger charge is -2.14. The van der Waals surface area contributed by atoms with Gasteiger partial charge in [-0.05, 0) is 24.6 Å². The Balaban J connectivity index is 2.45. The van der Waals surface area contributed by atoms with E-state index in [1.54, 1.807) is 4.68 Å². The average Bonchev–Trinajstić information content (AvgIpc) is 2.83. The highest BCUT2D eigenvalue weighted by atomic mass is 19.2. The van der Waals surface area contributed by atoms with E-state index < -0.39 is 17.7 Å². The topological polar surface area (TPSA) is 47.3 Å². The molecule has 4 nitrogen and oxygen atoms in total. The Labute approximate surface area is 109 Å². The fourth-order valence-corrected chi connectivity index (χ4v) is 1.90. The molecule has 0 saturated heterocycles. The molecule has 1 heterocycles. The molecule has 0 aliphatic heterocycles. The lowest BCUT2D eigenvalue weighted by molar-refractivity contribution is 0.202. The predicted octanol–water partition coefficient (Wildman–Crippen LogP) is 2.27. The first-order valence-corrected chi connectivity index (χ1v) is 5.81. The monoisotopic (exact) mass is 268 g/mol. The molecule has 102 valence electrons. The fourth-order valence-electron chi connectivity index (χ4n) is 1.90. The number of aliphatic hydroxyl groups is 1. The Kier molecular flexibility index (Phi) is 3.80. The first kappa shape index (κ1) is 13.5. The molecule has 6 heteroatoms. The summed E-state index contributed by atoms with van der Waals surface area (Å²) >= 11 is 0. The Morgan fingerprint density at radius 2 is 2.11 bits per heavy atom. The largest absolute Gasteiger partial charge is 0.493 e. The molecule has 0 saturated carbocycles. The van der Waals surface area contributed by atoms with E-state index in [0.29, 0.717) is 18.0 Å². The normalized spacial score (nSPS) is 12.5. The maximum Gasteiger partial charge on any atom is 0.163 e. The summed E-state index contributed by atoms with van der Waals surface area (Å²) < 4.78 is 32.8. The van der Waals surface area contributed by atoms with Crippen molar-refractivity contribution < 1.29 is 18.6 Å². The van der Waals surface area contributed by atoms with Gasteiger partial charge in [0.05, 0.1) is 13.3 Å². The van der Waals surface area contributed by atoms with Gasteiger partial charge in [-0.15, -0.1) is 0 Å². The van der Waals surface area contributed by atoms with Crippen LogP contribution in [0.2, 0.25) is 0 Å². The van der Waals surface area contributed by atoms with Crippen molar-refractivity contribution in [3.63, 3.8) is 0 Å². The summed E-state index contributed by atoms with van der Waals surface area (Å²) in [7, 11) is 1.46. The molecule has 1 aromatic heterocycles. The van der Waals surface area contributed by atoms with E-state index in [4.69, 9.17) is 4.74 Å². The van der Waals surface area contributed by atoms with Gasteiger partial charge in [0.25, 0.3) is 0 Å². The SMILES string of the molecule is CCn1ncc(OC)c1C(O)c1ccc(F)c(F)c1. The van der Waals surface area contributed by atoms with Crippen molar-refractivity contribution in [2.24, 2.45) is 0 Å². The molecule has 0 radical (unpaired) electrons. The van der Waals surface area contributed by atoms with Crippen LogP contribution < -0.4 is 4.74 Å². The summed E-state index contributed by atoms with van der Waals surface area (Å²) in [5.74, 6) is -1.55. The van der Waals surface area contributed by atoms with Gasteiger partial charge in [0, 0.05) is 6.54 Å². The van der Waals surface area contributed by atoms with Crippen molar-refractivity contribution in [3.8, 4) is 5.75 Å². The van der Waals surface area contributed by atoms with Gasteiger partial charge in [0.15, 0.2) is 17.4 Å². The van der Waals surface area contributed by atoms with Crippen molar-refractivity contribution in [2.75, 3.05) is 7.11 Å². The summed E-state index contributed by atoms with van der Waals surface area (Å²) in [5, 5.41) is 14.3. The Bertz CT molecular complexity index is 563. The van der Waals surface area contributed by atoms with Crippen LogP contribution >= 0.6 is 0 Å². The number of benzene rings is 1. The van der Waals surface area contributed by atoms with E-state index in [1.807, 2.05) is 6.92 Å². The molecule has 19 heavy (non-hydrogen) atoms. The van der Waals surface area contributed by atoms with Crippen LogP contribution in [0.25, 0.3) is 0 Å². The standard InChI is InChI=1S/C13H14F2N2O2/c1-3-17-12(11(19-2)7-16-17)13(18)8-4-5-9(14)10(15)6-8/h4-7,13,18H,3H2,1-2H3. The van der Waals surface area contributed by atoms with Gasteiger partial charge in [-0.25, -0.2) is 8.78 Å². The van der Waals surface area contributed by atoms with Gasteiger partial charge >= 0.3 is 0 Å². The molecule has 2 aromatic rings. The third-order valence-corrected chi connectivity index (χ3v) is 2.88. The lowest BCUT2D eigenvalue weighted by atomic mass is 10.1. The molecule has 0 fully saturated rings. The van der Waals surface area contributed by atoms with Gasteiger partial charge in [-0.3, -0.25) is 4.68 Å². The van der Waals surface area contributed by atoms with Gasteiger partial charge in [0.1, 0.15) is 11.8 Å². The fraction of sp³-hybridized carbons (Fsp3) is 0.308. The molecule has 0 amide bonds. The van der Waals surface area contributed by atoms with Gasteiger partial charge in [-0.1, -0.05) is 6.07 Å². The Morgan fingerprint density at radius 3 is 2.68 bits per heavy atom. The third kappa shape index (κ3) is 2.44. The van der Waals surface area contributed by atoms with E-state index in [1.165, 1.54) is 19.4 Å². The third-order valence-electron chi connectivity index (χ3n) is 2.88. The predicted molar refractivity (Wildman–Crippen MR) is 64.9 cm³/mol. The van der Waals surface area contributed by atoms with Crippen molar-refractivity contribution >= 4 is 0 Å². The minimum Gasteiger partial charge on any atom is -0.493 e. The van der Waals surface area contributed by atoms with Crippen LogP contribution in [0.15, 0.2) is 24.4 Å². The summed E-state index contributed by atoms with van der Waals surface area (Å²) in [6, 6.07) is 3.27. The molecule has 0 aliphatic rings. The number of hydrogen-bond donors (Lipinski definition) is 1. The van der Waals surface area contributed by atoms with E-state index in [0.717, 1.165) is 12.1 Å². The number of rotatable bonds is 4. The zero-order valence-electron chi connectivity index (χ0n) is 10.6.